The van der Waals surface area contributed by atoms with Gasteiger partial charge in [0.15, 0.2) is 0 Å². The van der Waals surface area contributed by atoms with Crippen molar-refractivity contribution in [2.24, 2.45) is 0 Å². The number of carboxylic acid groups (broad SMARTS) is 1. The summed E-state index contributed by atoms with van der Waals surface area (Å²) in [5.41, 5.74) is 2.03. The van der Waals surface area contributed by atoms with Crippen molar-refractivity contribution in [3.8, 4) is 0 Å². The smallest absolute Gasteiger partial charge is 0.326 e. The number of aliphatic carboxylic acids is 1. The Morgan fingerprint density at radius 2 is 2.00 bits per heavy atom. The fourth-order valence-electron chi connectivity index (χ4n) is 2.93. The number of rotatable bonds is 2. The molecule has 1 saturated heterocycles. The molecular weight excluding hydrogens is 258 g/mol. The van der Waals surface area contributed by atoms with Crippen LogP contribution in [-0.4, -0.2) is 40.6 Å². The Kier molecular flexibility index (Phi) is 3.44. The highest BCUT2D eigenvalue weighted by Gasteiger charge is 2.38. The molecule has 2 heterocycles. The van der Waals surface area contributed by atoms with Gasteiger partial charge in [0, 0.05) is 19.6 Å². The van der Waals surface area contributed by atoms with Crippen LogP contribution in [0.15, 0.2) is 24.3 Å². The van der Waals surface area contributed by atoms with E-state index in [0.717, 1.165) is 17.5 Å². The Bertz CT molecular complexity index is 536. The number of benzene rings is 1. The van der Waals surface area contributed by atoms with Crippen molar-refractivity contribution in [3.05, 3.63) is 35.4 Å². The minimum absolute atomic E-state index is 0.190. The summed E-state index contributed by atoms with van der Waals surface area (Å²) in [7, 11) is 0. The molecule has 106 valence electrons. The van der Waals surface area contributed by atoms with Crippen molar-refractivity contribution in [3.63, 3.8) is 0 Å². The molecule has 2 unspecified atom stereocenters. The monoisotopic (exact) mass is 275 g/mol. The van der Waals surface area contributed by atoms with Crippen LogP contribution in [0.25, 0.3) is 0 Å². The van der Waals surface area contributed by atoms with E-state index in [1.54, 1.807) is 0 Å². The van der Waals surface area contributed by atoms with Crippen molar-refractivity contribution >= 4 is 11.9 Å². The van der Waals surface area contributed by atoms with E-state index in [-0.39, 0.29) is 5.91 Å². The van der Waals surface area contributed by atoms with Gasteiger partial charge in [0.25, 0.3) is 5.91 Å². The third-order valence-electron chi connectivity index (χ3n) is 4.02. The second-order valence-corrected chi connectivity index (χ2v) is 5.29. The first-order valence-corrected chi connectivity index (χ1v) is 6.88. The van der Waals surface area contributed by atoms with Gasteiger partial charge in [-0.25, -0.2) is 4.79 Å². The molecule has 1 amide bonds. The summed E-state index contributed by atoms with van der Waals surface area (Å²) in [6.07, 6.45) is 1.44. The highest BCUT2D eigenvalue weighted by molar-refractivity contribution is 5.87. The predicted molar refractivity (Wildman–Crippen MR) is 71.1 cm³/mol. The van der Waals surface area contributed by atoms with Gasteiger partial charge in [0.2, 0.25) is 0 Å². The molecule has 0 aromatic heterocycles. The lowest BCUT2D eigenvalue weighted by molar-refractivity contribution is -0.156. The highest BCUT2D eigenvalue weighted by Crippen LogP contribution is 2.26. The molecule has 1 aromatic carbocycles. The van der Waals surface area contributed by atoms with Gasteiger partial charge in [-0.2, -0.15) is 0 Å². The number of hydrogen-bond acceptors (Lipinski definition) is 3. The summed E-state index contributed by atoms with van der Waals surface area (Å²) in [5.74, 6) is -1.14. The summed E-state index contributed by atoms with van der Waals surface area (Å²) in [4.78, 5) is 25.4. The molecular formula is C15H17NO4. The number of nitrogens with zero attached hydrogens (tertiary/aromatic N) is 1. The Morgan fingerprint density at radius 1 is 1.25 bits per heavy atom. The first-order valence-electron chi connectivity index (χ1n) is 6.88. The van der Waals surface area contributed by atoms with E-state index in [2.05, 4.69) is 0 Å². The second-order valence-electron chi connectivity index (χ2n) is 5.29. The van der Waals surface area contributed by atoms with Crippen LogP contribution in [0.3, 0.4) is 0 Å². The first kappa shape index (κ1) is 13.1. The van der Waals surface area contributed by atoms with E-state index < -0.39 is 18.1 Å². The molecule has 0 saturated carbocycles. The molecule has 5 nitrogen and oxygen atoms in total. The van der Waals surface area contributed by atoms with Gasteiger partial charge in [-0.3, -0.25) is 4.79 Å². The summed E-state index contributed by atoms with van der Waals surface area (Å²) < 4.78 is 5.40. The lowest BCUT2D eigenvalue weighted by Crippen LogP contribution is -2.51. The number of amides is 1. The second kappa shape index (κ2) is 5.25. The normalized spacial score (nSPS) is 25.3. The molecule has 2 atom stereocenters. The predicted octanol–water partition coefficient (Wildman–Crippen LogP) is 1.20. The quantitative estimate of drug-likeness (QED) is 0.880. The Morgan fingerprint density at radius 3 is 2.65 bits per heavy atom. The third-order valence-corrected chi connectivity index (χ3v) is 4.02. The van der Waals surface area contributed by atoms with Crippen molar-refractivity contribution < 1.29 is 19.4 Å². The standard InChI is InChI=1S/C15H17NO4/c17-14(13-6-3-7-20-13)16-9-11-5-2-1-4-10(11)8-12(16)15(18)19/h1-2,4-5,12-13H,3,6-9H2,(H,18,19). The number of ether oxygens (including phenoxy) is 1. The van der Waals surface area contributed by atoms with E-state index in [0.29, 0.717) is 26.0 Å². The Balaban J connectivity index is 1.88. The summed E-state index contributed by atoms with van der Waals surface area (Å²) in [6, 6.07) is 6.90. The van der Waals surface area contributed by atoms with Crippen molar-refractivity contribution in [1.29, 1.82) is 0 Å². The minimum atomic E-state index is -0.953. The number of carboxylic acids is 1. The van der Waals surface area contributed by atoms with Crippen LogP contribution in [-0.2, 0) is 27.3 Å². The van der Waals surface area contributed by atoms with Crippen molar-refractivity contribution in [2.45, 2.75) is 38.0 Å². The topological polar surface area (TPSA) is 66.8 Å². The zero-order valence-electron chi connectivity index (χ0n) is 11.1. The molecule has 5 heteroatoms. The largest absolute Gasteiger partial charge is 0.480 e. The van der Waals surface area contributed by atoms with Gasteiger partial charge >= 0.3 is 5.97 Å². The Labute approximate surface area is 117 Å². The van der Waals surface area contributed by atoms with E-state index in [1.807, 2.05) is 24.3 Å². The van der Waals surface area contributed by atoms with Crippen LogP contribution in [0.4, 0.5) is 0 Å². The van der Waals surface area contributed by atoms with Gasteiger partial charge in [-0.05, 0) is 24.0 Å². The molecule has 1 aromatic rings. The molecule has 0 radical (unpaired) electrons. The summed E-state index contributed by atoms with van der Waals surface area (Å²) in [5, 5.41) is 9.39. The van der Waals surface area contributed by atoms with E-state index in [1.165, 1.54) is 4.90 Å². The van der Waals surface area contributed by atoms with Crippen molar-refractivity contribution in [2.75, 3.05) is 6.61 Å². The fourth-order valence-corrected chi connectivity index (χ4v) is 2.93. The summed E-state index contributed by atoms with van der Waals surface area (Å²) in [6.45, 7) is 0.935. The van der Waals surface area contributed by atoms with Crippen molar-refractivity contribution in [1.82, 2.24) is 4.90 Å². The molecule has 1 fully saturated rings. The average Bonchev–Trinajstić information content (AvgIpc) is 2.99. The zero-order valence-corrected chi connectivity index (χ0v) is 11.1. The maximum absolute atomic E-state index is 12.5. The van der Waals surface area contributed by atoms with Gasteiger partial charge < -0.3 is 14.7 Å². The maximum Gasteiger partial charge on any atom is 0.326 e. The molecule has 20 heavy (non-hydrogen) atoms. The van der Waals surface area contributed by atoms with Crippen LogP contribution in [0, 0.1) is 0 Å². The van der Waals surface area contributed by atoms with E-state index in [9.17, 15) is 14.7 Å². The van der Waals surface area contributed by atoms with Gasteiger partial charge in [0.1, 0.15) is 12.1 Å². The molecule has 3 rings (SSSR count). The van der Waals surface area contributed by atoms with Gasteiger partial charge in [0.05, 0.1) is 0 Å². The number of carbonyl (C=O) groups is 2. The first-order chi connectivity index (χ1) is 9.66. The number of fused-ring (bicyclic) bond motifs is 1. The van der Waals surface area contributed by atoms with Crippen LogP contribution in [0.5, 0.6) is 0 Å². The SMILES string of the molecule is O=C(O)C1Cc2ccccc2CN1C(=O)C1CCCO1. The molecule has 2 aliphatic heterocycles. The molecule has 1 N–H and O–H groups in total. The van der Waals surface area contributed by atoms with Gasteiger partial charge in [-0.15, -0.1) is 0 Å². The van der Waals surface area contributed by atoms with E-state index in [4.69, 9.17) is 4.74 Å². The number of hydrogen-bond donors (Lipinski definition) is 1. The highest BCUT2D eigenvalue weighted by atomic mass is 16.5. The minimum Gasteiger partial charge on any atom is -0.480 e. The molecule has 0 aliphatic carbocycles. The van der Waals surface area contributed by atoms with E-state index >= 15 is 0 Å². The lowest BCUT2D eigenvalue weighted by Gasteiger charge is -2.35. The third kappa shape index (κ3) is 2.29. The van der Waals surface area contributed by atoms with Crippen LogP contribution < -0.4 is 0 Å². The average molecular weight is 275 g/mol. The fraction of sp³-hybridized carbons (Fsp3) is 0.467. The summed E-state index contributed by atoms with van der Waals surface area (Å²) >= 11 is 0. The Hall–Kier alpha value is -1.88. The number of carbonyl (C=O) groups excluding carboxylic acids is 1. The zero-order chi connectivity index (χ0) is 14.1. The molecule has 0 spiro atoms. The molecule has 2 aliphatic rings. The van der Waals surface area contributed by atoms with Crippen LogP contribution in [0.2, 0.25) is 0 Å². The van der Waals surface area contributed by atoms with Crippen LogP contribution >= 0.6 is 0 Å². The maximum atomic E-state index is 12.5. The van der Waals surface area contributed by atoms with Gasteiger partial charge in [-0.1, -0.05) is 24.3 Å². The lowest BCUT2D eigenvalue weighted by atomic mass is 9.93. The van der Waals surface area contributed by atoms with Crippen LogP contribution in [0.1, 0.15) is 24.0 Å². The molecule has 0 bridgehead atoms.